The number of aromatic nitrogens is 2. The minimum absolute atomic E-state index is 0.106. The molecule has 0 saturated heterocycles. The SMILES string of the molecule is c1ccc(-c2cc3c(c4ccccc24)Sc2cccc4c2B3c2cc3ccccc3c3c(-c5ccccc5)nn-4c23)cc1. The van der Waals surface area contributed by atoms with E-state index in [0.717, 1.165) is 11.3 Å². The summed E-state index contributed by atoms with van der Waals surface area (Å²) in [5.74, 6) is 0. The molecule has 0 amide bonds. The predicted octanol–water partition coefficient (Wildman–Crippen LogP) is 7.96. The van der Waals surface area contributed by atoms with E-state index in [9.17, 15) is 0 Å². The number of nitrogens with zero attached hydrogens (tertiary/aromatic N) is 2. The van der Waals surface area contributed by atoms with Crippen molar-refractivity contribution in [2.45, 2.75) is 9.79 Å². The van der Waals surface area contributed by atoms with Gasteiger partial charge in [-0.2, -0.15) is 5.10 Å². The molecule has 0 radical (unpaired) electrons. The summed E-state index contributed by atoms with van der Waals surface area (Å²) in [5.41, 5.74) is 11.2. The molecule has 3 heterocycles. The Morgan fingerprint density at radius 3 is 2.09 bits per heavy atom. The van der Waals surface area contributed by atoms with Gasteiger partial charge in [-0.3, -0.25) is 0 Å². The van der Waals surface area contributed by atoms with Crippen molar-refractivity contribution >= 4 is 67.3 Å². The minimum atomic E-state index is 0.106. The van der Waals surface area contributed by atoms with Gasteiger partial charge in [-0.1, -0.05) is 145 Å². The summed E-state index contributed by atoms with van der Waals surface area (Å²) in [6.45, 7) is 0.106. The summed E-state index contributed by atoms with van der Waals surface area (Å²) in [5, 5.41) is 11.8. The second-order valence-electron chi connectivity index (χ2n) is 11.5. The molecule has 8 aromatic rings. The Morgan fingerprint density at radius 1 is 0.581 bits per heavy atom. The lowest BCUT2D eigenvalue weighted by molar-refractivity contribution is 0.916. The molecule has 2 aliphatic heterocycles. The molecule has 43 heavy (non-hydrogen) atoms. The Kier molecular flexibility index (Phi) is 4.77. The van der Waals surface area contributed by atoms with E-state index in [2.05, 4.69) is 144 Å². The highest BCUT2D eigenvalue weighted by Crippen LogP contribution is 2.43. The third-order valence-corrected chi connectivity index (χ3v) is 10.5. The van der Waals surface area contributed by atoms with Crippen molar-refractivity contribution < 1.29 is 0 Å². The number of fused-ring (bicyclic) bond motifs is 8. The summed E-state index contributed by atoms with van der Waals surface area (Å²) >= 11 is 1.91. The summed E-state index contributed by atoms with van der Waals surface area (Å²) in [7, 11) is 0. The first-order valence-electron chi connectivity index (χ1n) is 14.8. The normalized spacial score (nSPS) is 13.0. The van der Waals surface area contributed by atoms with Crippen LogP contribution in [-0.2, 0) is 0 Å². The molecule has 10 rings (SSSR count). The molecule has 0 saturated carbocycles. The van der Waals surface area contributed by atoms with Gasteiger partial charge in [0.15, 0.2) is 0 Å². The zero-order valence-corrected chi connectivity index (χ0v) is 24.0. The molecule has 0 atom stereocenters. The highest BCUT2D eigenvalue weighted by Gasteiger charge is 2.41. The monoisotopic (exact) mass is 562 g/mol. The van der Waals surface area contributed by atoms with E-state index in [0.29, 0.717) is 0 Å². The van der Waals surface area contributed by atoms with E-state index in [4.69, 9.17) is 5.10 Å². The van der Waals surface area contributed by atoms with Crippen molar-refractivity contribution in [3.05, 3.63) is 140 Å². The Labute approximate surface area is 253 Å². The van der Waals surface area contributed by atoms with Crippen molar-refractivity contribution in [3.63, 3.8) is 0 Å². The van der Waals surface area contributed by atoms with Crippen molar-refractivity contribution in [1.29, 1.82) is 0 Å². The molecule has 2 aliphatic rings. The predicted molar refractivity (Wildman–Crippen MR) is 182 cm³/mol. The smallest absolute Gasteiger partial charge is 0.233 e. The van der Waals surface area contributed by atoms with Crippen LogP contribution in [0.3, 0.4) is 0 Å². The first-order chi connectivity index (χ1) is 21.3. The number of rotatable bonds is 2. The van der Waals surface area contributed by atoms with E-state index in [1.54, 1.807) is 0 Å². The second-order valence-corrected chi connectivity index (χ2v) is 12.6. The van der Waals surface area contributed by atoms with Gasteiger partial charge in [0.25, 0.3) is 0 Å². The van der Waals surface area contributed by atoms with E-state index >= 15 is 0 Å². The fourth-order valence-electron chi connectivity index (χ4n) is 7.46. The third kappa shape index (κ3) is 3.19. The Morgan fingerprint density at radius 2 is 1.28 bits per heavy atom. The fraction of sp³-hybridized carbons (Fsp3) is 0. The zero-order chi connectivity index (χ0) is 28.1. The average molecular weight is 563 g/mol. The third-order valence-electron chi connectivity index (χ3n) is 9.25. The van der Waals surface area contributed by atoms with Gasteiger partial charge in [-0.05, 0) is 55.7 Å². The van der Waals surface area contributed by atoms with Crippen molar-refractivity contribution in [2.75, 3.05) is 0 Å². The molecular weight excluding hydrogens is 539 g/mol. The van der Waals surface area contributed by atoms with Crippen LogP contribution in [0.2, 0.25) is 0 Å². The highest BCUT2D eigenvalue weighted by molar-refractivity contribution is 8.00. The van der Waals surface area contributed by atoms with Gasteiger partial charge in [0, 0.05) is 20.7 Å². The Hall–Kier alpha value is -5.06. The maximum atomic E-state index is 5.39. The Balaban J connectivity index is 1.38. The largest absolute Gasteiger partial charge is 0.249 e. The van der Waals surface area contributed by atoms with Crippen LogP contribution in [0.15, 0.2) is 149 Å². The molecule has 0 fully saturated rings. The molecule has 198 valence electrons. The fourth-order valence-corrected chi connectivity index (χ4v) is 8.74. The number of hydrogen-bond acceptors (Lipinski definition) is 2. The van der Waals surface area contributed by atoms with Gasteiger partial charge in [0.2, 0.25) is 6.71 Å². The van der Waals surface area contributed by atoms with Gasteiger partial charge in [0.1, 0.15) is 5.69 Å². The van der Waals surface area contributed by atoms with Gasteiger partial charge < -0.3 is 0 Å². The standard InChI is InChI=1S/C39H23BN2S/c1-3-12-24(13-4-1)30-23-32-39(29-19-10-9-18-28(29)30)43-34-21-11-20-33-36(34)40(32)31-22-26-16-7-8-17-27(26)35-37(41-42(33)38(31)35)25-14-5-2-6-15-25/h1-23H. The highest BCUT2D eigenvalue weighted by atomic mass is 32.2. The van der Waals surface area contributed by atoms with E-state index in [-0.39, 0.29) is 6.71 Å². The molecule has 0 aliphatic carbocycles. The maximum Gasteiger partial charge on any atom is 0.249 e. The zero-order valence-electron chi connectivity index (χ0n) is 23.2. The molecule has 0 unspecified atom stereocenters. The lowest BCUT2D eigenvalue weighted by Gasteiger charge is -2.33. The first kappa shape index (κ1) is 23.5. The van der Waals surface area contributed by atoms with Crippen LogP contribution >= 0.6 is 11.8 Å². The van der Waals surface area contributed by atoms with Crippen LogP contribution in [0, 0.1) is 0 Å². The van der Waals surface area contributed by atoms with Gasteiger partial charge >= 0.3 is 0 Å². The lowest BCUT2D eigenvalue weighted by atomic mass is 9.35. The van der Waals surface area contributed by atoms with Crippen molar-refractivity contribution in [3.8, 4) is 28.1 Å². The van der Waals surface area contributed by atoms with Crippen LogP contribution in [0.4, 0.5) is 0 Å². The summed E-state index contributed by atoms with van der Waals surface area (Å²) in [6, 6.07) is 50.9. The molecule has 0 spiro atoms. The Bertz CT molecular complexity index is 2430. The maximum absolute atomic E-state index is 5.39. The first-order valence-corrected chi connectivity index (χ1v) is 15.6. The van der Waals surface area contributed by atoms with Gasteiger partial charge in [-0.15, -0.1) is 0 Å². The molecule has 1 aromatic heterocycles. The van der Waals surface area contributed by atoms with Crippen LogP contribution in [0.5, 0.6) is 0 Å². The van der Waals surface area contributed by atoms with Crippen LogP contribution in [-0.4, -0.2) is 16.5 Å². The molecule has 0 bridgehead atoms. The quantitative estimate of drug-likeness (QED) is 0.199. The van der Waals surface area contributed by atoms with Crippen molar-refractivity contribution in [2.24, 2.45) is 0 Å². The molecular formula is C39H23BN2S. The van der Waals surface area contributed by atoms with Crippen LogP contribution in [0.25, 0.3) is 60.5 Å². The minimum Gasteiger partial charge on any atom is -0.233 e. The second kappa shape index (κ2) is 8.73. The summed E-state index contributed by atoms with van der Waals surface area (Å²) in [4.78, 5) is 2.68. The molecule has 4 heteroatoms. The lowest BCUT2D eigenvalue weighted by Crippen LogP contribution is -2.58. The van der Waals surface area contributed by atoms with Crippen molar-refractivity contribution in [1.82, 2.24) is 9.78 Å². The molecule has 0 N–H and O–H groups in total. The molecule has 2 nitrogen and oxygen atoms in total. The average Bonchev–Trinajstić information content (AvgIpc) is 3.49. The van der Waals surface area contributed by atoms with E-state index in [1.165, 1.54) is 75.4 Å². The topological polar surface area (TPSA) is 17.8 Å². The number of benzene rings is 7. The van der Waals surface area contributed by atoms with E-state index in [1.807, 2.05) is 11.8 Å². The van der Waals surface area contributed by atoms with Gasteiger partial charge in [-0.25, -0.2) is 4.68 Å². The van der Waals surface area contributed by atoms with Gasteiger partial charge in [0.05, 0.1) is 11.2 Å². The van der Waals surface area contributed by atoms with Crippen LogP contribution < -0.4 is 16.4 Å². The van der Waals surface area contributed by atoms with Crippen LogP contribution in [0.1, 0.15) is 0 Å². The molecule has 7 aromatic carbocycles. The number of hydrogen-bond donors (Lipinski definition) is 0. The summed E-state index contributed by atoms with van der Waals surface area (Å²) in [6.07, 6.45) is 0. The van der Waals surface area contributed by atoms with E-state index < -0.39 is 0 Å². The summed E-state index contributed by atoms with van der Waals surface area (Å²) < 4.78 is 2.24.